The summed E-state index contributed by atoms with van der Waals surface area (Å²) in [6.45, 7) is 0. The molecule has 4 heteroatoms. The van der Waals surface area contributed by atoms with Crippen LogP contribution in [0.2, 0.25) is 0 Å². The Labute approximate surface area is 319 Å². The number of fused-ring (bicyclic) bond motifs is 3. The molecule has 10 rings (SSSR count). The van der Waals surface area contributed by atoms with Gasteiger partial charge in [-0.25, -0.2) is 4.98 Å². The van der Waals surface area contributed by atoms with Crippen LogP contribution in [0.15, 0.2) is 206 Å². The Morgan fingerprint density at radius 1 is 0.255 bits per heavy atom. The standard InChI is InChI=1S/C51H34N4/c1-5-16-35(17-6-1)42-31-43(36-18-7-2-8-19-36)33-44(32-42)40-25-15-24-39(30-40)41-28-29-46-45-26-13-14-27-47(45)55(48(46)34-41)51-53-49(37-20-9-3-10-21-37)52-50(54-51)38-22-11-4-12-23-38/h1-34H. The molecule has 0 bridgehead atoms. The Morgan fingerprint density at radius 2 is 0.655 bits per heavy atom. The molecule has 0 amide bonds. The van der Waals surface area contributed by atoms with Gasteiger partial charge in [-0.15, -0.1) is 0 Å². The Hall–Kier alpha value is -7.43. The van der Waals surface area contributed by atoms with Crippen LogP contribution in [0.5, 0.6) is 0 Å². The number of benzene rings is 8. The van der Waals surface area contributed by atoms with Crippen LogP contribution in [0.4, 0.5) is 0 Å². The van der Waals surface area contributed by atoms with Crippen molar-refractivity contribution in [3.05, 3.63) is 206 Å². The maximum atomic E-state index is 5.14. The highest BCUT2D eigenvalue weighted by Crippen LogP contribution is 2.37. The van der Waals surface area contributed by atoms with Gasteiger partial charge in [-0.3, -0.25) is 4.57 Å². The molecule has 0 N–H and O–H groups in total. The molecule has 0 atom stereocenters. The van der Waals surface area contributed by atoms with Gasteiger partial charge in [0, 0.05) is 21.9 Å². The Morgan fingerprint density at radius 3 is 1.22 bits per heavy atom. The van der Waals surface area contributed by atoms with E-state index in [9.17, 15) is 0 Å². The summed E-state index contributed by atoms with van der Waals surface area (Å²) in [7, 11) is 0. The molecule has 0 radical (unpaired) electrons. The molecule has 55 heavy (non-hydrogen) atoms. The van der Waals surface area contributed by atoms with Crippen molar-refractivity contribution in [1.82, 2.24) is 19.5 Å². The van der Waals surface area contributed by atoms with E-state index in [0.29, 0.717) is 17.6 Å². The van der Waals surface area contributed by atoms with Crippen molar-refractivity contribution in [2.45, 2.75) is 0 Å². The molecule has 0 aliphatic heterocycles. The van der Waals surface area contributed by atoms with E-state index >= 15 is 0 Å². The second kappa shape index (κ2) is 13.8. The van der Waals surface area contributed by atoms with Crippen LogP contribution in [-0.4, -0.2) is 19.5 Å². The third kappa shape index (κ3) is 6.16. The molecule has 0 saturated carbocycles. The minimum Gasteiger partial charge on any atom is -0.278 e. The van der Waals surface area contributed by atoms with E-state index in [1.807, 2.05) is 60.7 Å². The smallest absolute Gasteiger partial charge is 0.238 e. The van der Waals surface area contributed by atoms with Crippen molar-refractivity contribution in [3.63, 3.8) is 0 Å². The Balaban J connectivity index is 1.14. The molecule has 0 aliphatic rings. The summed E-state index contributed by atoms with van der Waals surface area (Å²) in [4.78, 5) is 15.2. The number of para-hydroxylation sites is 1. The average molecular weight is 703 g/mol. The highest BCUT2D eigenvalue weighted by Gasteiger charge is 2.18. The van der Waals surface area contributed by atoms with Gasteiger partial charge >= 0.3 is 0 Å². The van der Waals surface area contributed by atoms with Gasteiger partial charge < -0.3 is 0 Å². The Bertz CT molecular complexity index is 2840. The lowest BCUT2D eigenvalue weighted by atomic mass is 9.92. The van der Waals surface area contributed by atoms with Gasteiger partial charge in [0.25, 0.3) is 0 Å². The van der Waals surface area contributed by atoms with Gasteiger partial charge in [0.05, 0.1) is 11.0 Å². The van der Waals surface area contributed by atoms with Crippen LogP contribution in [0.25, 0.3) is 95.0 Å². The molecule has 2 heterocycles. The second-order valence-electron chi connectivity index (χ2n) is 13.7. The summed E-state index contributed by atoms with van der Waals surface area (Å²) < 4.78 is 2.19. The minimum atomic E-state index is 0.580. The summed E-state index contributed by atoms with van der Waals surface area (Å²) >= 11 is 0. The third-order valence-electron chi connectivity index (χ3n) is 10.2. The molecule has 8 aromatic carbocycles. The molecule has 0 unspecified atom stereocenters. The number of nitrogens with zero attached hydrogens (tertiary/aromatic N) is 4. The number of hydrogen-bond donors (Lipinski definition) is 0. The third-order valence-corrected chi connectivity index (χ3v) is 10.2. The molecule has 10 aromatic rings. The molecule has 0 aliphatic carbocycles. The van der Waals surface area contributed by atoms with Crippen LogP contribution < -0.4 is 0 Å². The first-order valence-electron chi connectivity index (χ1n) is 18.5. The van der Waals surface area contributed by atoms with E-state index in [1.165, 1.54) is 27.8 Å². The number of rotatable bonds is 7. The summed E-state index contributed by atoms with van der Waals surface area (Å²) in [5, 5.41) is 2.29. The van der Waals surface area contributed by atoms with Crippen molar-refractivity contribution < 1.29 is 0 Å². The molecular weight excluding hydrogens is 669 g/mol. The van der Waals surface area contributed by atoms with Gasteiger partial charge in [-0.2, -0.15) is 9.97 Å². The zero-order chi connectivity index (χ0) is 36.6. The number of aromatic nitrogens is 4. The summed E-state index contributed by atoms with van der Waals surface area (Å²) in [6.07, 6.45) is 0. The zero-order valence-electron chi connectivity index (χ0n) is 29.9. The van der Waals surface area contributed by atoms with Crippen LogP contribution in [0.3, 0.4) is 0 Å². The van der Waals surface area contributed by atoms with Gasteiger partial charge in [0.15, 0.2) is 11.6 Å². The molecule has 4 nitrogen and oxygen atoms in total. The first kappa shape index (κ1) is 32.2. The summed E-state index contributed by atoms with van der Waals surface area (Å²) in [5.74, 6) is 1.84. The largest absolute Gasteiger partial charge is 0.278 e. The van der Waals surface area contributed by atoms with E-state index < -0.39 is 0 Å². The van der Waals surface area contributed by atoms with Crippen LogP contribution in [-0.2, 0) is 0 Å². The maximum absolute atomic E-state index is 5.14. The lowest BCUT2D eigenvalue weighted by Gasteiger charge is -2.13. The first-order chi connectivity index (χ1) is 27.2. The predicted molar refractivity (Wildman–Crippen MR) is 227 cm³/mol. The minimum absolute atomic E-state index is 0.580. The summed E-state index contributed by atoms with van der Waals surface area (Å²) in [5.41, 5.74) is 13.3. The highest BCUT2D eigenvalue weighted by atomic mass is 15.2. The van der Waals surface area contributed by atoms with E-state index in [-0.39, 0.29) is 0 Å². The van der Waals surface area contributed by atoms with Crippen molar-refractivity contribution >= 4 is 21.8 Å². The quantitative estimate of drug-likeness (QED) is 0.166. The monoisotopic (exact) mass is 702 g/mol. The average Bonchev–Trinajstić information content (AvgIpc) is 3.61. The van der Waals surface area contributed by atoms with Crippen LogP contribution in [0, 0.1) is 0 Å². The molecular formula is C51H34N4. The van der Waals surface area contributed by atoms with E-state index in [0.717, 1.165) is 49.6 Å². The fourth-order valence-corrected chi connectivity index (χ4v) is 7.53. The molecule has 0 fully saturated rings. The second-order valence-corrected chi connectivity index (χ2v) is 13.7. The van der Waals surface area contributed by atoms with Crippen LogP contribution >= 0.6 is 0 Å². The molecule has 0 saturated heterocycles. The molecule has 2 aromatic heterocycles. The van der Waals surface area contributed by atoms with Crippen molar-refractivity contribution in [2.24, 2.45) is 0 Å². The zero-order valence-corrected chi connectivity index (χ0v) is 29.9. The van der Waals surface area contributed by atoms with E-state index in [4.69, 9.17) is 15.0 Å². The fraction of sp³-hybridized carbons (Fsp3) is 0. The molecule has 258 valence electrons. The number of hydrogen-bond acceptors (Lipinski definition) is 3. The lowest BCUT2D eigenvalue weighted by Crippen LogP contribution is -2.06. The molecule has 0 spiro atoms. The highest BCUT2D eigenvalue weighted by molar-refractivity contribution is 6.10. The SMILES string of the molecule is c1ccc(-c2cc(-c3ccccc3)cc(-c3cccc(-c4ccc5c6ccccc6n(-c6nc(-c7ccccc7)nc(-c7ccccc7)n6)c5c4)c3)c2)cc1. The normalized spacial score (nSPS) is 11.3. The van der Waals surface area contributed by atoms with Gasteiger partial charge in [-0.1, -0.05) is 170 Å². The van der Waals surface area contributed by atoms with E-state index in [2.05, 4.69) is 150 Å². The summed E-state index contributed by atoms with van der Waals surface area (Å²) in [6, 6.07) is 72.5. The predicted octanol–water partition coefficient (Wildman–Crippen LogP) is 13.0. The van der Waals surface area contributed by atoms with Crippen molar-refractivity contribution in [2.75, 3.05) is 0 Å². The van der Waals surface area contributed by atoms with Gasteiger partial charge in [-0.05, 0) is 80.9 Å². The van der Waals surface area contributed by atoms with E-state index in [1.54, 1.807) is 0 Å². The Kier molecular flexibility index (Phi) is 8.12. The van der Waals surface area contributed by atoms with Crippen LogP contribution in [0.1, 0.15) is 0 Å². The van der Waals surface area contributed by atoms with Gasteiger partial charge in [0.1, 0.15) is 0 Å². The first-order valence-corrected chi connectivity index (χ1v) is 18.5. The topological polar surface area (TPSA) is 43.6 Å². The van der Waals surface area contributed by atoms with Crippen molar-refractivity contribution in [3.8, 4) is 73.2 Å². The fourth-order valence-electron chi connectivity index (χ4n) is 7.53. The van der Waals surface area contributed by atoms with Gasteiger partial charge in [0.2, 0.25) is 5.95 Å². The maximum Gasteiger partial charge on any atom is 0.238 e. The lowest BCUT2D eigenvalue weighted by molar-refractivity contribution is 0.953. The van der Waals surface area contributed by atoms with Crippen molar-refractivity contribution in [1.29, 1.82) is 0 Å².